The summed E-state index contributed by atoms with van der Waals surface area (Å²) in [5.74, 6) is 0.181. The molecule has 8 heteroatoms. The third kappa shape index (κ3) is 5.69. The second-order valence-corrected chi connectivity index (χ2v) is 8.12. The molecular formula is C21H31N5O3. The molecule has 1 aliphatic rings. The quantitative estimate of drug-likeness (QED) is 0.588. The summed E-state index contributed by atoms with van der Waals surface area (Å²) < 4.78 is 5.57. The van der Waals surface area contributed by atoms with Gasteiger partial charge in [-0.15, -0.1) is 0 Å². The fourth-order valence-electron chi connectivity index (χ4n) is 3.82. The number of aromatic amines is 1. The molecule has 2 aromatic rings. The largest absolute Gasteiger partial charge is 0.481 e. The number of benzene rings is 1. The molecule has 2 heterocycles. The Morgan fingerprint density at radius 2 is 2.10 bits per heavy atom. The van der Waals surface area contributed by atoms with Gasteiger partial charge >= 0.3 is 5.97 Å². The number of rotatable bonds is 9. The zero-order valence-electron chi connectivity index (χ0n) is 17.4. The maximum Gasteiger partial charge on any atom is 0.303 e. The first kappa shape index (κ1) is 21.1. The standard InChI is InChI=1S/C21H31N5O3/c1-14(2)12-26(17-6-8-29-9-7-17)19-5-4-16(15(3)10-20(27)28)11-18(19)24-21-22-13-23-25-21/h4-5,11,13-15,17H,6-10,12H2,1-3H3,(H,27,28)(H2,22,23,24,25)/t15-/m1/s1. The average Bonchev–Trinajstić information content (AvgIpc) is 3.19. The van der Waals surface area contributed by atoms with E-state index in [4.69, 9.17) is 4.74 Å². The summed E-state index contributed by atoms with van der Waals surface area (Å²) in [7, 11) is 0. The molecule has 0 aliphatic carbocycles. The number of aliphatic carboxylic acids is 1. The summed E-state index contributed by atoms with van der Waals surface area (Å²) in [5.41, 5.74) is 2.98. The minimum absolute atomic E-state index is 0.0848. The van der Waals surface area contributed by atoms with E-state index in [1.807, 2.05) is 19.1 Å². The molecule has 1 aromatic carbocycles. The van der Waals surface area contributed by atoms with E-state index in [9.17, 15) is 9.90 Å². The molecule has 1 fully saturated rings. The number of carboxylic acid groups (broad SMARTS) is 1. The molecule has 0 unspecified atom stereocenters. The lowest BCUT2D eigenvalue weighted by Gasteiger charge is -2.38. The second kappa shape index (κ2) is 9.73. The van der Waals surface area contributed by atoms with Gasteiger partial charge in [-0.25, -0.2) is 5.10 Å². The molecule has 3 N–H and O–H groups in total. The van der Waals surface area contributed by atoms with Gasteiger partial charge in [-0.05, 0) is 42.4 Å². The average molecular weight is 402 g/mol. The van der Waals surface area contributed by atoms with Crippen LogP contribution in [0.4, 0.5) is 17.3 Å². The highest BCUT2D eigenvalue weighted by Crippen LogP contribution is 2.35. The number of H-pyrrole nitrogens is 1. The molecule has 0 amide bonds. The van der Waals surface area contributed by atoms with Gasteiger partial charge in [0.25, 0.3) is 0 Å². The van der Waals surface area contributed by atoms with Gasteiger partial charge in [-0.1, -0.05) is 26.8 Å². The van der Waals surface area contributed by atoms with Crippen LogP contribution < -0.4 is 10.2 Å². The summed E-state index contributed by atoms with van der Waals surface area (Å²) in [6.45, 7) is 8.86. The molecule has 158 valence electrons. The highest BCUT2D eigenvalue weighted by Gasteiger charge is 2.25. The molecule has 0 bridgehead atoms. The van der Waals surface area contributed by atoms with Crippen molar-refractivity contribution in [3.63, 3.8) is 0 Å². The van der Waals surface area contributed by atoms with Gasteiger partial charge in [0.05, 0.1) is 17.8 Å². The van der Waals surface area contributed by atoms with E-state index in [1.54, 1.807) is 0 Å². The van der Waals surface area contributed by atoms with Crippen molar-refractivity contribution < 1.29 is 14.6 Å². The number of nitrogens with zero attached hydrogens (tertiary/aromatic N) is 3. The summed E-state index contributed by atoms with van der Waals surface area (Å²) in [5, 5.41) is 19.3. The van der Waals surface area contributed by atoms with Gasteiger partial charge in [0, 0.05) is 25.8 Å². The van der Waals surface area contributed by atoms with Crippen molar-refractivity contribution in [2.75, 3.05) is 30.0 Å². The lowest BCUT2D eigenvalue weighted by molar-refractivity contribution is -0.137. The molecule has 1 atom stereocenters. The summed E-state index contributed by atoms with van der Waals surface area (Å²) >= 11 is 0. The number of nitrogens with one attached hydrogen (secondary N) is 2. The Morgan fingerprint density at radius 1 is 1.34 bits per heavy atom. The third-order valence-electron chi connectivity index (χ3n) is 5.24. The van der Waals surface area contributed by atoms with Gasteiger partial charge in [-0.2, -0.15) is 10.1 Å². The van der Waals surface area contributed by atoms with Crippen LogP contribution >= 0.6 is 0 Å². The molecule has 0 saturated carbocycles. The second-order valence-electron chi connectivity index (χ2n) is 8.12. The third-order valence-corrected chi connectivity index (χ3v) is 5.24. The number of carbonyl (C=O) groups is 1. The van der Waals surface area contributed by atoms with Crippen LogP contribution in [0, 0.1) is 5.92 Å². The van der Waals surface area contributed by atoms with Crippen LogP contribution in [0.1, 0.15) is 51.5 Å². The number of anilines is 3. The SMILES string of the molecule is CC(C)CN(c1ccc([C@H](C)CC(=O)O)cc1Nc1ncn[nH]1)C1CCOCC1. The van der Waals surface area contributed by atoms with E-state index in [0.717, 1.165) is 49.5 Å². The lowest BCUT2D eigenvalue weighted by atomic mass is 9.95. The van der Waals surface area contributed by atoms with Crippen molar-refractivity contribution in [2.45, 2.75) is 52.0 Å². The highest BCUT2D eigenvalue weighted by atomic mass is 16.5. The van der Waals surface area contributed by atoms with E-state index < -0.39 is 5.97 Å². The van der Waals surface area contributed by atoms with E-state index >= 15 is 0 Å². The molecule has 8 nitrogen and oxygen atoms in total. The molecular weight excluding hydrogens is 370 g/mol. The van der Waals surface area contributed by atoms with Gasteiger partial charge in [0.1, 0.15) is 6.33 Å². The van der Waals surface area contributed by atoms with Gasteiger partial charge in [0.2, 0.25) is 5.95 Å². The van der Waals surface area contributed by atoms with Crippen LogP contribution in [0.5, 0.6) is 0 Å². The van der Waals surface area contributed by atoms with Gasteiger partial charge in [-0.3, -0.25) is 4.79 Å². The fraction of sp³-hybridized carbons (Fsp3) is 0.571. The Balaban J connectivity index is 1.97. The Morgan fingerprint density at radius 3 is 2.72 bits per heavy atom. The Labute approximate surface area is 171 Å². The number of ether oxygens (including phenoxy) is 1. The van der Waals surface area contributed by atoms with Crippen molar-refractivity contribution in [1.82, 2.24) is 15.2 Å². The van der Waals surface area contributed by atoms with Crippen LogP contribution in [0.2, 0.25) is 0 Å². The Hall–Kier alpha value is -2.61. The molecule has 0 spiro atoms. The minimum Gasteiger partial charge on any atom is -0.481 e. The minimum atomic E-state index is -0.796. The highest BCUT2D eigenvalue weighted by molar-refractivity contribution is 5.75. The first-order valence-electron chi connectivity index (χ1n) is 10.3. The van der Waals surface area contributed by atoms with Crippen LogP contribution in [0.25, 0.3) is 0 Å². The predicted molar refractivity (Wildman–Crippen MR) is 113 cm³/mol. The van der Waals surface area contributed by atoms with Gasteiger partial charge in [0.15, 0.2) is 0 Å². The molecule has 0 radical (unpaired) electrons. The van der Waals surface area contributed by atoms with Crippen LogP contribution in [0.15, 0.2) is 24.5 Å². The van der Waals surface area contributed by atoms with E-state index in [-0.39, 0.29) is 12.3 Å². The fourth-order valence-corrected chi connectivity index (χ4v) is 3.82. The first-order valence-corrected chi connectivity index (χ1v) is 10.3. The number of aromatic nitrogens is 3. The van der Waals surface area contributed by atoms with Crippen LogP contribution in [-0.2, 0) is 9.53 Å². The van der Waals surface area contributed by atoms with Crippen molar-refractivity contribution in [1.29, 1.82) is 0 Å². The summed E-state index contributed by atoms with van der Waals surface area (Å²) in [6, 6.07) is 6.59. The molecule has 1 aromatic heterocycles. The normalized spacial score (nSPS) is 16.0. The monoisotopic (exact) mass is 401 g/mol. The number of hydrogen-bond donors (Lipinski definition) is 3. The molecule has 1 aliphatic heterocycles. The van der Waals surface area contributed by atoms with E-state index in [0.29, 0.717) is 17.9 Å². The van der Waals surface area contributed by atoms with E-state index in [2.05, 4.69) is 45.3 Å². The van der Waals surface area contributed by atoms with Crippen molar-refractivity contribution in [3.8, 4) is 0 Å². The topological polar surface area (TPSA) is 103 Å². The number of hydrogen-bond acceptors (Lipinski definition) is 6. The first-order chi connectivity index (χ1) is 13.9. The lowest BCUT2D eigenvalue weighted by Crippen LogP contribution is -2.42. The summed E-state index contributed by atoms with van der Waals surface area (Å²) in [4.78, 5) is 17.8. The zero-order valence-corrected chi connectivity index (χ0v) is 17.4. The maximum absolute atomic E-state index is 11.2. The smallest absolute Gasteiger partial charge is 0.303 e. The molecule has 3 rings (SSSR count). The Kier molecular flexibility index (Phi) is 7.09. The van der Waals surface area contributed by atoms with Crippen molar-refractivity contribution in [2.24, 2.45) is 5.92 Å². The van der Waals surface area contributed by atoms with Gasteiger partial charge < -0.3 is 20.1 Å². The maximum atomic E-state index is 11.2. The van der Waals surface area contributed by atoms with E-state index in [1.165, 1.54) is 6.33 Å². The number of carboxylic acids is 1. The molecule has 1 saturated heterocycles. The van der Waals surface area contributed by atoms with Crippen molar-refractivity contribution in [3.05, 3.63) is 30.1 Å². The molecule has 29 heavy (non-hydrogen) atoms. The predicted octanol–water partition coefficient (Wildman–Crippen LogP) is 3.77. The van der Waals surface area contributed by atoms with Crippen LogP contribution in [-0.4, -0.2) is 52.1 Å². The van der Waals surface area contributed by atoms with Crippen LogP contribution in [0.3, 0.4) is 0 Å². The summed E-state index contributed by atoms with van der Waals surface area (Å²) in [6.07, 6.45) is 3.54. The zero-order chi connectivity index (χ0) is 20.8. The Bertz CT molecular complexity index is 788. The van der Waals surface area contributed by atoms with Crippen molar-refractivity contribution >= 4 is 23.3 Å².